The van der Waals surface area contributed by atoms with Crippen LogP contribution in [0.2, 0.25) is 0 Å². The second-order valence-electron chi connectivity index (χ2n) is 4.79. The summed E-state index contributed by atoms with van der Waals surface area (Å²) in [6.45, 7) is 4.23. The number of ether oxygens (including phenoxy) is 2. The number of hydrogen-bond acceptors (Lipinski definition) is 4. The molecule has 0 aliphatic rings. The lowest BCUT2D eigenvalue weighted by atomic mass is 10.2. The summed E-state index contributed by atoms with van der Waals surface area (Å²) >= 11 is 0. The molecule has 2 rings (SSSR count). The zero-order valence-electron chi connectivity index (χ0n) is 12.8. The largest absolute Gasteiger partial charge is 0.490 e. The predicted octanol–water partition coefficient (Wildman–Crippen LogP) is 2.99. The van der Waals surface area contributed by atoms with Crippen LogP contribution in [-0.4, -0.2) is 19.1 Å². The number of rotatable bonds is 6. The first kappa shape index (κ1) is 15.7. The minimum atomic E-state index is -0.237. The highest BCUT2D eigenvalue weighted by molar-refractivity contribution is 5.92. The van der Waals surface area contributed by atoms with Crippen molar-refractivity contribution in [2.24, 2.45) is 0 Å². The molecule has 0 aromatic heterocycles. The highest BCUT2D eigenvalue weighted by atomic mass is 16.5. The van der Waals surface area contributed by atoms with Crippen LogP contribution in [0.15, 0.2) is 42.5 Å². The highest BCUT2D eigenvalue weighted by Gasteiger charge is 2.08. The van der Waals surface area contributed by atoms with E-state index < -0.39 is 0 Å². The van der Waals surface area contributed by atoms with Gasteiger partial charge in [-0.05, 0) is 49.7 Å². The molecule has 0 atom stereocenters. The maximum atomic E-state index is 12.0. The number of carbonyl (C=O) groups excluding carboxylic acids is 1. The molecule has 0 unspecified atom stereocenters. The van der Waals surface area contributed by atoms with Crippen LogP contribution >= 0.6 is 0 Å². The van der Waals surface area contributed by atoms with E-state index in [1.165, 1.54) is 0 Å². The molecule has 0 aliphatic carbocycles. The number of nitrogen functional groups attached to an aromatic ring is 1. The van der Waals surface area contributed by atoms with E-state index >= 15 is 0 Å². The Bertz CT molecular complexity index is 656. The molecular formula is C17H20N2O3. The second-order valence-corrected chi connectivity index (χ2v) is 4.79. The third kappa shape index (κ3) is 4.15. The molecule has 22 heavy (non-hydrogen) atoms. The van der Waals surface area contributed by atoms with Gasteiger partial charge in [-0.25, -0.2) is 0 Å². The van der Waals surface area contributed by atoms with Gasteiger partial charge < -0.3 is 20.5 Å². The van der Waals surface area contributed by atoms with Crippen LogP contribution in [0.4, 0.5) is 11.4 Å². The van der Waals surface area contributed by atoms with E-state index in [1.54, 1.807) is 30.3 Å². The Morgan fingerprint density at radius 3 is 2.45 bits per heavy atom. The van der Waals surface area contributed by atoms with E-state index in [1.807, 2.05) is 26.0 Å². The smallest absolute Gasteiger partial charge is 0.262 e. The lowest BCUT2D eigenvalue weighted by molar-refractivity contribution is -0.118. The lowest BCUT2D eigenvalue weighted by Gasteiger charge is -2.12. The number of hydrogen-bond donors (Lipinski definition) is 2. The Morgan fingerprint density at radius 1 is 1.14 bits per heavy atom. The number of aryl methyl sites for hydroxylation is 1. The van der Waals surface area contributed by atoms with Crippen molar-refractivity contribution in [2.75, 3.05) is 24.3 Å². The van der Waals surface area contributed by atoms with Crippen molar-refractivity contribution in [3.8, 4) is 11.5 Å². The number of amides is 1. The Kier molecular flexibility index (Phi) is 5.25. The number of benzene rings is 2. The molecule has 0 spiro atoms. The van der Waals surface area contributed by atoms with Crippen molar-refractivity contribution in [1.29, 1.82) is 0 Å². The van der Waals surface area contributed by atoms with E-state index in [9.17, 15) is 4.79 Å². The van der Waals surface area contributed by atoms with Gasteiger partial charge in [-0.2, -0.15) is 0 Å². The van der Waals surface area contributed by atoms with Gasteiger partial charge >= 0.3 is 0 Å². The first-order chi connectivity index (χ1) is 10.6. The molecule has 0 bridgehead atoms. The van der Waals surface area contributed by atoms with Gasteiger partial charge in [0.05, 0.1) is 6.61 Å². The summed E-state index contributed by atoms with van der Waals surface area (Å²) in [6.07, 6.45) is 0. The molecule has 1 amide bonds. The summed E-state index contributed by atoms with van der Waals surface area (Å²) in [6, 6.07) is 12.6. The topological polar surface area (TPSA) is 73.6 Å². The zero-order chi connectivity index (χ0) is 15.9. The summed E-state index contributed by atoms with van der Waals surface area (Å²) in [7, 11) is 0. The molecule has 0 saturated carbocycles. The van der Waals surface area contributed by atoms with Crippen molar-refractivity contribution in [3.05, 3.63) is 48.0 Å². The lowest BCUT2D eigenvalue weighted by Crippen LogP contribution is -2.20. The zero-order valence-corrected chi connectivity index (χ0v) is 12.8. The fraction of sp³-hybridized carbons (Fsp3) is 0.235. The van der Waals surface area contributed by atoms with Crippen LogP contribution in [0.3, 0.4) is 0 Å². The fourth-order valence-electron chi connectivity index (χ4n) is 2.00. The van der Waals surface area contributed by atoms with Crippen molar-refractivity contribution < 1.29 is 14.3 Å². The van der Waals surface area contributed by atoms with Gasteiger partial charge in [0.2, 0.25) is 0 Å². The molecule has 3 N–H and O–H groups in total. The van der Waals surface area contributed by atoms with Crippen molar-refractivity contribution >= 4 is 17.3 Å². The first-order valence-electron chi connectivity index (χ1n) is 7.10. The van der Waals surface area contributed by atoms with Crippen LogP contribution in [0, 0.1) is 6.92 Å². The Hall–Kier alpha value is -2.69. The molecule has 5 heteroatoms. The average molecular weight is 300 g/mol. The maximum Gasteiger partial charge on any atom is 0.262 e. The van der Waals surface area contributed by atoms with E-state index in [2.05, 4.69) is 5.32 Å². The van der Waals surface area contributed by atoms with Crippen molar-refractivity contribution in [3.63, 3.8) is 0 Å². The molecule has 0 heterocycles. The van der Waals surface area contributed by atoms with Crippen molar-refractivity contribution in [2.45, 2.75) is 13.8 Å². The van der Waals surface area contributed by atoms with Crippen LogP contribution in [0.5, 0.6) is 11.5 Å². The minimum absolute atomic E-state index is 0.0894. The number of para-hydroxylation sites is 2. The highest BCUT2D eigenvalue weighted by Crippen LogP contribution is 2.26. The normalized spacial score (nSPS) is 10.1. The molecule has 0 radical (unpaired) electrons. The summed E-state index contributed by atoms with van der Waals surface area (Å²) in [5.41, 5.74) is 7.98. The van der Waals surface area contributed by atoms with Gasteiger partial charge in [0.15, 0.2) is 18.1 Å². The standard InChI is InChI=1S/C17H20N2O3/c1-3-21-15-6-4-5-7-16(15)22-11-17(20)19-14-9-8-13(18)10-12(14)2/h4-10H,3,11,18H2,1-2H3,(H,19,20). The molecule has 116 valence electrons. The van der Waals surface area contributed by atoms with E-state index in [0.29, 0.717) is 23.8 Å². The van der Waals surface area contributed by atoms with Gasteiger partial charge in [0.1, 0.15) is 0 Å². The van der Waals surface area contributed by atoms with Gasteiger partial charge in [0.25, 0.3) is 5.91 Å². The van der Waals surface area contributed by atoms with Gasteiger partial charge in [-0.1, -0.05) is 12.1 Å². The summed E-state index contributed by atoms with van der Waals surface area (Å²) < 4.78 is 11.0. The van der Waals surface area contributed by atoms with E-state index in [-0.39, 0.29) is 12.5 Å². The van der Waals surface area contributed by atoms with Gasteiger partial charge in [-0.15, -0.1) is 0 Å². The number of carbonyl (C=O) groups is 1. The van der Waals surface area contributed by atoms with Crippen LogP contribution in [0.25, 0.3) is 0 Å². The first-order valence-corrected chi connectivity index (χ1v) is 7.10. The third-order valence-electron chi connectivity index (χ3n) is 3.03. The molecule has 5 nitrogen and oxygen atoms in total. The minimum Gasteiger partial charge on any atom is -0.490 e. The summed E-state index contributed by atoms with van der Waals surface area (Å²) in [5.74, 6) is 0.939. The molecular weight excluding hydrogens is 280 g/mol. The second kappa shape index (κ2) is 7.36. The molecule has 2 aromatic carbocycles. The summed E-state index contributed by atoms with van der Waals surface area (Å²) in [4.78, 5) is 12.0. The molecule has 0 fully saturated rings. The van der Waals surface area contributed by atoms with E-state index in [4.69, 9.17) is 15.2 Å². The number of anilines is 2. The average Bonchev–Trinajstić information content (AvgIpc) is 2.49. The SMILES string of the molecule is CCOc1ccccc1OCC(=O)Nc1ccc(N)cc1C. The Balaban J connectivity index is 1.95. The van der Waals surface area contributed by atoms with Crippen LogP contribution < -0.4 is 20.5 Å². The molecule has 2 aromatic rings. The van der Waals surface area contributed by atoms with E-state index in [0.717, 1.165) is 11.3 Å². The number of nitrogens with two attached hydrogens (primary N) is 1. The molecule has 0 aliphatic heterocycles. The predicted molar refractivity (Wildman–Crippen MR) is 87.3 cm³/mol. The maximum absolute atomic E-state index is 12.0. The number of nitrogens with one attached hydrogen (secondary N) is 1. The summed E-state index contributed by atoms with van der Waals surface area (Å²) in [5, 5.41) is 2.80. The van der Waals surface area contributed by atoms with Gasteiger partial charge in [0, 0.05) is 11.4 Å². The van der Waals surface area contributed by atoms with Gasteiger partial charge in [-0.3, -0.25) is 4.79 Å². The monoisotopic (exact) mass is 300 g/mol. The Labute approximate surface area is 130 Å². The van der Waals surface area contributed by atoms with Crippen LogP contribution in [0.1, 0.15) is 12.5 Å². The fourth-order valence-corrected chi connectivity index (χ4v) is 2.00. The molecule has 0 saturated heterocycles. The third-order valence-corrected chi connectivity index (χ3v) is 3.03. The van der Waals surface area contributed by atoms with Crippen LogP contribution in [-0.2, 0) is 4.79 Å². The Morgan fingerprint density at radius 2 is 1.82 bits per heavy atom. The van der Waals surface area contributed by atoms with Crippen molar-refractivity contribution in [1.82, 2.24) is 0 Å². The quantitative estimate of drug-likeness (QED) is 0.804.